The number of hydrogen-bond acceptors (Lipinski definition) is 6. The van der Waals surface area contributed by atoms with E-state index in [0.29, 0.717) is 29.5 Å². The lowest BCUT2D eigenvalue weighted by atomic mass is 10.1. The van der Waals surface area contributed by atoms with Crippen molar-refractivity contribution in [2.24, 2.45) is 10.9 Å². The monoisotopic (exact) mass is 309 g/mol. The molecule has 0 saturated heterocycles. The van der Waals surface area contributed by atoms with E-state index in [9.17, 15) is 0 Å². The molecule has 1 aromatic carbocycles. The molecule has 0 saturated carbocycles. The maximum Gasteiger partial charge on any atom is 0.200 e. The summed E-state index contributed by atoms with van der Waals surface area (Å²) in [6.07, 6.45) is 2.10. The van der Waals surface area contributed by atoms with Gasteiger partial charge in [0.1, 0.15) is 5.69 Å². The molecule has 116 valence electrons. The minimum absolute atomic E-state index is 0.0816. The largest absolute Gasteiger partial charge is 0.440 e. The fourth-order valence-corrected chi connectivity index (χ4v) is 2.04. The van der Waals surface area contributed by atoms with Crippen LogP contribution >= 0.6 is 0 Å². The zero-order valence-corrected chi connectivity index (χ0v) is 12.5. The molecule has 0 aliphatic carbocycles. The molecule has 2 heterocycles. The number of rotatable bonds is 4. The normalized spacial score (nSPS) is 11.6. The van der Waals surface area contributed by atoms with Crippen LogP contribution in [0.4, 0.5) is 0 Å². The standard InChI is InChI=1S/C16H15N5O2/c1-10-2-4-11(5-3-10)14-9-18-15(23-14)8-12-6-7-13(20-19-12)16(17)21-22/h2-7,9,22H,8H2,1H3,(H2,17,21). The van der Waals surface area contributed by atoms with Crippen molar-refractivity contribution < 1.29 is 9.62 Å². The number of hydrogen-bond donors (Lipinski definition) is 2. The van der Waals surface area contributed by atoms with Gasteiger partial charge in [0.2, 0.25) is 5.89 Å². The lowest BCUT2D eigenvalue weighted by Crippen LogP contribution is -2.16. The molecule has 0 fully saturated rings. The number of nitrogens with two attached hydrogens (primary N) is 1. The van der Waals surface area contributed by atoms with Gasteiger partial charge in [-0.1, -0.05) is 35.0 Å². The zero-order chi connectivity index (χ0) is 16.2. The minimum atomic E-state index is -0.0816. The smallest absolute Gasteiger partial charge is 0.200 e. The summed E-state index contributed by atoms with van der Waals surface area (Å²) in [5, 5.41) is 19.4. The van der Waals surface area contributed by atoms with Gasteiger partial charge in [0.05, 0.1) is 18.3 Å². The van der Waals surface area contributed by atoms with E-state index in [2.05, 4.69) is 20.3 Å². The predicted octanol–water partition coefficient (Wildman–Crippen LogP) is 2.13. The first-order valence-electron chi connectivity index (χ1n) is 6.98. The number of nitrogens with zero attached hydrogens (tertiary/aromatic N) is 4. The van der Waals surface area contributed by atoms with Crippen LogP contribution in [0.15, 0.2) is 52.2 Å². The maximum absolute atomic E-state index is 8.59. The molecule has 3 rings (SSSR count). The first-order valence-corrected chi connectivity index (χ1v) is 6.98. The fraction of sp³-hybridized carbons (Fsp3) is 0.125. The highest BCUT2D eigenvalue weighted by Gasteiger charge is 2.09. The van der Waals surface area contributed by atoms with E-state index in [1.165, 1.54) is 5.56 Å². The molecule has 7 nitrogen and oxygen atoms in total. The molecule has 0 bridgehead atoms. The third-order valence-corrected chi connectivity index (χ3v) is 3.31. The van der Waals surface area contributed by atoms with E-state index >= 15 is 0 Å². The van der Waals surface area contributed by atoms with E-state index in [-0.39, 0.29) is 5.84 Å². The first-order chi connectivity index (χ1) is 11.2. The first kappa shape index (κ1) is 14.7. The summed E-state index contributed by atoms with van der Waals surface area (Å²) >= 11 is 0. The van der Waals surface area contributed by atoms with Crippen LogP contribution in [0.3, 0.4) is 0 Å². The molecular formula is C16H15N5O2. The van der Waals surface area contributed by atoms with E-state index in [1.807, 2.05) is 31.2 Å². The van der Waals surface area contributed by atoms with Crippen LogP contribution in [0.25, 0.3) is 11.3 Å². The van der Waals surface area contributed by atoms with Crippen molar-refractivity contribution in [2.45, 2.75) is 13.3 Å². The molecule has 0 unspecified atom stereocenters. The summed E-state index contributed by atoms with van der Waals surface area (Å²) < 4.78 is 5.75. The summed E-state index contributed by atoms with van der Waals surface area (Å²) in [6.45, 7) is 2.03. The van der Waals surface area contributed by atoms with Gasteiger partial charge in [-0.25, -0.2) is 4.98 Å². The van der Waals surface area contributed by atoms with Crippen molar-refractivity contribution in [3.05, 3.63) is 65.4 Å². The van der Waals surface area contributed by atoms with Gasteiger partial charge in [0.25, 0.3) is 0 Å². The van der Waals surface area contributed by atoms with Crippen molar-refractivity contribution in [1.29, 1.82) is 0 Å². The molecular weight excluding hydrogens is 294 g/mol. The van der Waals surface area contributed by atoms with Gasteiger partial charge in [-0.05, 0) is 19.1 Å². The quantitative estimate of drug-likeness (QED) is 0.330. The average molecular weight is 309 g/mol. The molecule has 2 aromatic heterocycles. The Morgan fingerprint density at radius 1 is 1.17 bits per heavy atom. The number of benzene rings is 1. The molecule has 0 amide bonds. The molecule has 0 aliphatic heterocycles. The zero-order valence-electron chi connectivity index (χ0n) is 12.5. The van der Waals surface area contributed by atoms with Crippen molar-refractivity contribution in [2.75, 3.05) is 0 Å². The van der Waals surface area contributed by atoms with Gasteiger partial charge in [-0.3, -0.25) is 0 Å². The SMILES string of the molecule is Cc1ccc(-c2cnc(Cc3ccc(/C(N)=N/O)nn3)o2)cc1. The van der Waals surface area contributed by atoms with Crippen LogP contribution in [0.5, 0.6) is 0 Å². The van der Waals surface area contributed by atoms with Gasteiger partial charge in [0.15, 0.2) is 11.6 Å². The number of aromatic nitrogens is 3. The predicted molar refractivity (Wildman–Crippen MR) is 84.0 cm³/mol. The second-order valence-electron chi connectivity index (χ2n) is 5.06. The van der Waals surface area contributed by atoms with Gasteiger partial charge in [0, 0.05) is 5.56 Å². The summed E-state index contributed by atoms with van der Waals surface area (Å²) in [6, 6.07) is 11.4. The van der Waals surface area contributed by atoms with Crippen molar-refractivity contribution in [3.8, 4) is 11.3 Å². The van der Waals surface area contributed by atoms with Gasteiger partial charge in [-0.2, -0.15) is 5.10 Å². The molecule has 0 atom stereocenters. The highest BCUT2D eigenvalue weighted by atomic mass is 16.4. The molecule has 0 spiro atoms. The molecule has 3 aromatic rings. The van der Waals surface area contributed by atoms with Crippen molar-refractivity contribution in [1.82, 2.24) is 15.2 Å². The Morgan fingerprint density at radius 2 is 1.96 bits per heavy atom. The Labute approximate surface area is 132 Å². The average Bonchev–Trinajstić information content (AvgIpc) is 3.04. The third kappa shape index (κ3) is 3.34. The Balaban J connectivity index is 1.75. The molecule has 0 aliphatic rings. The lowest BCUT2D eigenvalue weighted by Gasteiger charge is -1.99. The lowest BCUT2D eigenvalue weighted by molar-refractivity contribution is 0.318. The van der Waals surface area contributed by atoms with E-state index in [0.717, 1.165) is 5.56 Å². The third-order valence-electron chi connectivity index (χ3n) is 3.31. The van der Waals surface area contributed by atoms with Gasteiger partial charge in [-0.15, -0.1) is 5.10 Å². The maximum atomic E-state index is 8.59. The van der Waals surface area contributed by atoms with E-state index in [1.54, 1.807) is 18.3 Å². The Bertz CT molecular complexity index is 822. The second kappa shape index (κ2) is 6.27. The summed E-state index contributed by atoms with van der Waals surface area (Å²) in [5.41, 5.74) is 8.59. The van der Waals surface area contributed by atoms with Crippen LogP contribution in [-0.4, -0.2) is 26.2 Å². The van der Waals surface area contributed by atoms with Crippen LogP contribution in [0.1, 0.15) is 22.8 Å². The van der Waals surface area contributed by atoms with Crippen LogP contribution in [0, 0.1) is 6.92 Å². The van der Waals surface area contributed by atoms with E-state index < -0.39 is 0 Å². The highest BCUT2D eigenvalue weighted by molar-refractivity contribution is 5.94. The fourth-order valence-electron chi connectivity index (χ4n) is 2.04. The Morgan fingerprint density at radius 3 is 2.61 bits per heavy atom. The minimum Gasteiger partial charge on any atom is -0.440 e. The number of oxime groups is 1. The van der Waals surface area contributed by atoms with Gasteiger partial charge < -0.3 is 15.4 Å². The van der Waals surface area contributed by atoms with Crippen LogP contribution < -0.4 is 5.73 Å². The number of amidine groups is 1. The molecule has 7 heteroatoms. The molecule has 23 heavy (non-hydrogen) atoms. The molecule has 3 N–H and O–H groups in total. The van der Waals surface area contributed by atoms with Crippen LogP contribution in [-0.2, 0) is 6.42 Å². The van der Waals surface area contributed by atoms with Crippen LogP contribution in [0.2, 0.25) is 0 Å². The topological polar surface area (TPSA) is 110 Å². The summed E-state index contributed by atoms with van der Waals surface area (Å²) in [4.78, 5) is 4.26. The highest BCUT2D eigenvalue weighted by Crippen LogP contribution is 2.21. The number of oxazole rings is 1. The van der Waals surface area contributed by atoms with Crippen molar-refractivity contribution in [3.63, 3.8) is 0 Å². The summed E-state index contributed by atoms with van der Waals surface area (Å²) in [5.74, 6) is 1.18. The second-order valence-corrected chi connectivity index (χ2v) is 5.06. The Kier molecular flexibility index (Phi) is 4.01. The molecule has 0 radical (unpaired) electrons. The van der Waals surface area contributed by atoms with Gasteiger partial charge >= 0.3 is 0 Å². The summed E-state index contributed by atoms with van der Waals surface area (Å²) in [7, 11) is 0. The Hall–Kier alpha value is -3.22. The number of aryl methyl sites for hydroxylation is 1. The van der Waals surface area contributed by atoms with Crippen molar-refractivity contribution >= 4 is 5.84 Å². The van der Waals surface area contributed by atoms with E-state index in [4.69, 9.17) is 15.4 Å².